The maximum absolute atomic E-state index is 6.33. The van der Waals surface area contributed by atoms with Crippen molar-refractivity contribution in [1.29, 1.82) is 0 Å². The van der Waals surface area contributed by atoms with Crippen molar-refractivity contribution in [3.8, 4) is 23.3 Å². The standard InChI is InChI=1S/C26H32N2O3S/c1-27(2)17-15-24(31-23-13-11-22(29-3)12-14-23)21-9-7-20(8-10-21)6-4-5-16-28-18-19-30-26-25(28)32-26/h7-14,24-26H,5,15-19H2,1-3H3. The first-order valence-electron chi connectivity index (χ1n) is 11.2. The van der Waals surface area contributed by atoms with Gasteiger partial charge in [-0.2, -0.15) is 0 Å². The van der Waals surface area contributed by atoms with Crippen LogP contribution < -0.4 is 9.47 Å². The molecule has 2 aromatic carbocycles. The normalized spacial score (nSPS) is 20.8. The summed E-state index contributed by atoms with van der Waals surface area (Å²) in [5.41, 5.74) is 2.62. The first-order chi connectivity index (χ1) is 15.6. The van der Waals surface area contributed by atoms with Crippen LogP contribution in [0.1, 0.15) is 30.1 Å². The van der Waals surface area contributed by atoms with Gasteiger partial charge in [0.05, 0.1) is 19.1 Å². The first-order valence-corrected chi connectivity index (χ1v) is 12.1. The van der Waals surface area contributed by atoms with Crippen molar-refractivity contribution in [3.05, 3.63) is 59.7 Å². The van der Waals surface area contributed by atoms with E-state index in [1.165, 1.54) is 5.56 Å². The molecule has 0 amide bonds. The van der Waals surface area contributed by atoms with Crippen LogP contribution in [0.2, 0.25) is 0 Å². The Morgan fingerprint density at radius 2 is 1.88 bits per heavy atom. The summed E-state index contributed by atoms with van der Waals surface area (Å²) in [4.78, 5) is 4.67. The molecular weight excluding hydrogens is 420 g/mol. The Hall–Kier alpha value is -2.17. The molecule has 3 unspecified atom stereocenters. The molecular formula is C26H32N2O3S. The number of ether oxygens (including phenoxy) is 3. The van der Waals surface area contributed by atoms with Crippen LogP contribution in [0.15, 0.2) is 48.5 Å². The fourth-order valence-electron chi connectivity index (χ4n) is 3.76. The zero-order chi connectivity index (χ0) is 22.3. The monoisotopic (exact) mass is 452 g/mol. The number of morpholine rings is 1. The number of hydrogen-bond donors (Lipinski definition) is 0. The lowest BCUT2D eigenvalue weighted by Gasteiger charge is -2.23. The van der Waals surface area contributed by atoms with Crippen LogP contribution in [0.3, 0.4) is 0 Å². The zero-order valence-electron chi connectivity index (χ0n) is 19.1. The molecule has 0 radical (unpaired) electrons. The van der Waals surface area contributed by atoms with E-state index in [0.717, 1.165) is 56.1 Å². The molecule has 2 aromatic rings. The van der Waals surface area contributed by atoms with Gasteiger partial charge in [0.1, 0.15) is 23.0 Å². The minimum atomic E-state index is -0.0156. The van der Waals surface area contributed by atoms with Crippen molar-refractivity contribution < 1.29 is 14.2 Å². The van der Waals surface area contributed by atoms with Gasteiger partial charge in [-0.3, -0.25) is 4.90 Å². The second-order valence-electron chi connectivity index (χ2n) is 8.35. The number of rotatable bonds is 9. The lowest BCUT2D eigenvalue weighted by atomic mass is 10.0. The molecule has 0 aliphatic carbocycles. The molecule has 2 aliphatic rings. The summed E-state index contributed by atoms with van der Waals surface area (Å²) in [5, 5.41) is 0.564. The van der Waals surface area contributed by atoms with E-state index in [-0.39, 0.29) is 6.10 Å². The highest BCUT2D eigenvalue weighted by atomic mass is 32.2. The molecule has 2 heterocycles. The SMILES string of the molecule is COc1ccc(OC(CCN(C)C)c2ccc(C#CCCN3CCOC4SC43)cc2)cc1. The molecule has 4 rings (SSSR count). The van der Waals surface area contributed by atoms with Crippen LogP contribution in [-0.4, -0.2) is 68.1 Å². The van der Waals surface area contributed by atoms with Gasteiger partial charge in [-0.15, -0.1) is 11.8 Å². The summed E-state index contributed by atoms with van der Waals surface area (Å²) in [5.74, 6) is 8.32. The maximum Gasteiger partial charge on any atom is 0.129 e. The third kappa shape index (κ3) is 6.43. The van der Waals surface area contributed by atoms with Crippen LogP contribution in [0.25, 0.3) is 0 Å². The molecule has 0 aromatic heterocycles. The van der Waals surface area contributed by atoms with Crippen LogP contribution in [0.4, 0.5) is 0 Å². The molecule has 3 atom stereocenters. The van der Waals surface area contributed by atoms with Crippen molar-refractivity contribution in [2.45, 2.75) is 29.8 Å². The van der Waals surface area contributed by atoms with Crippen molar-refractivity contribution in [2.24, 2.45) is 0 Å². The largest absolute Gasteiger partial charge is 0.497 e. The Labute approximate surface area is 196 Å². The molecule has 0 spiro atoms. The molecule has 170 valence electrons. The predicted molar refractivity (Wildman–Crippen MR) is 130 cm³/mol. The van der Waals surface area contributed by atoms with Crippen LogP contribution in [-0.2, 0) is 4.74 Å². The summed E-state index contributed by atoms with van der Waals surface area (Å²) in [6.07, 6.45) is 1.78. The van der Waals surface area contributed by atoms with Crippen molar-refractivity contribution in [2.75, 3.05) is 47.4 Å². The molecule has 2 fully saturated rings. The van der Waals surface area contributed by atoms with Gasteiger partial charge in [0.25, 0.3) is 0 Å². The summed E-state index contributed by atoms with van der Waals surface area (Å²) in [6, 6.07) is 16.2. The van der Waals surface area contributed by atoms with E-state index in [4.69, 9.17) is 14.2 Å². The van der Waals surface area contributed by atoms with E-state index in [0.29, 0.717) is 10.8 Å². The van der Waals surface area contributed by atoms with Gasteiger partial charge < -0.3 is 19.1 Å². The predicted octanol–water partition coefficient (Wildman–Crippen LogP) is 4.24. The Bertz CT molecular complexity index is 921. The van der Waals surface area contributed by atoms with E-state index in [2.05, 4.69) is 60.0 Å². The van der Waals surface area contributed by atoms with Gasteiger partial charge >= 0.3 is 0 Å². The molecule has 2 saturated heterocycles. The number of nitrogens with zero attached hydrogens (tertiary/aromatic N) is 2. The molecule has 0 bridgehead atoms. The van der Waals surface area contributed by atoms with E-state index < -0.39 is 0 Å². The quantitative estimate of drug-likeness (QED) is 0.418. The van der Waals surface area contributed by atoms with Gasteiger partial charge in [0.2, 0.25) is 0 Å². The topological polar surface area (TPSA) is 34.2 Å². The second kappa shape index (κ2) is 11.1. The van der Waals surface area contributed by atoms with Crippen molar-refractivity contribution in [3.63, 3.8) is 0 Å². The van der Waals surface area contributed by atoms with E-state index in [1.54, 1.807) is 7.11 Å². The minimum Gasteiger partial charge on any atom is -0.497 e. The molecule has 32 heavy (non-hydrogen) atoms. The van der Waals surface area contributed by atoms with Gasteiger partial charge in [-0.05, 0) is 56.1 Å². The highest BCUT2D eigenvalue weighted by Gasteiger charge is 2.46. The number of thioether (sulfide) groups is 1. The van der Waals surface area contributed by atoms with Gasteiger partial charge in [-0.1, -0.05) is 24.0 Å². The summed E-state index contributed by atoms with van der Waals surface area (Å²) in [7, 11) is 5.84. The van der Waals surface area contributed by atoms with Gasteiger partial charge in [0, 0.05) is 38.0 Å². The van der Waals surface area contributed by atoms with Gasteiger partial charge in [-0.25, -0.2) is 0 Å². The second-order valence-corrected chi connectivity index (χ2v) is 9.57. The minimum absolute atomic E-state index is 0.0156. The Balaban J connectivity index is 1.35. The van der Waals surface area contributed by atoms with Crippen molar-refractivity contribution in [1.82, 2.24) is 9.80 Å². The Morgan fingerprint density at radius 3 is 2.59 bits per heavy atom. The smallest absolute Gasteiger partial charge is 0.129 e. The molecule has 5 nitrogen and oxygen atoms in total. The summed E-state index contributed by atoms with van der Waals surface area (Å²) in [6.45, 7) is 3.83. The number of hydrogen-bond acceptors (Lipinski definition) is 6. The maximum atomic E-state index is 6.33. The Morgan fingerprint density at radius 1 is 1.12 bits per heavy atom. The van der Waals surface area contributed by atoms with Crippen LogP contribution >= 0.6 is 11.8 Å². The fraction of sp³-hybridized carbons (Fsp3) is 0.462. The molecule has 6 heteroatoms. The van der Waals surface area contributed by atoms with Crippen LogP contribution in [0.5, 0.6) is 11.5 Å². The number of methoxy groups -OCH3 is 1. The average molecular weight is 453 g/mol. The molecule has 2 aliphatic heterocycles. The number of fused-ring (bicyclic) bond motifs is 1. The Kier molecular flexibility index (Phi) is 7.99. The van der Waals surface area contributed by atoms with Crippen LogP contribution in [0, 0.1) is 11.8 Å². The van der Waals surface area contributed by atoms with E-state index in [1.807, 2.05) is 36.0 Å². The summed E-state index contributed by atoms with van der Waals surface area (Å²) >= 11 is 1.91. The van der Waals surface area contributed by atoms with Gasteiger partial charge in [0.15, 0.2) is 0 Å². The molecule has 0 saturated carbocycles. The third-order valence-electron chi connectivity index (χ3n) is 5.67. The summed E-state index contributed by atoms with van der Waals surface area (Å²) < 4.78 is 17.2. The van der Waals surface area contributed by atoms with Crippen molar-refractivity contribution >= 4 is 11.8 Å². The lowest BCUT2D eigenvalue weighted by Crippen LogP contribution is -2.37. The first kappa shape index (κ1) is 23.0. The fourth-order valence-corrected chi connectivity index (χ4v) is 4.75. The lowest BCUT2D eigenvalue weighted by molar-refractivity contribution is 0.0341. The van der Waals surface area contributed by atoms with E-state index in [9.17, 15) is 0 Å². The number of benzene rings is 2. The highest BCUT2D eigenvalue weighted by Crippen LogP contribution is 2.46. The molecule has 0 N–H and O–H groups in total. The highest BCUT2D eigenvalue weighted by molar-refractivity contribution is 8.07. The third-order valence-corrected chi connectivity index (χ3v) is 6.84. The van der Waals surface area contributed by atoms with E-state index >= 15 is 0 Å². The average Bonchev–Trinajstić information content (AvgIpc) is 3.61. The zero-order valence-corrected chi connectivity index (χ0v) is 19.9.